The van der Waals surface area contributed by atoms with Gasteiger partial charge in [0.1, 0.15) is 11.8 Å². The minimum atomic E-state index is 0.202. The van der Waals surface area contributed by atoms with Crippen LogP contribution in [-0.4, -0.2) is 52.1 Å². The average Bonchev–Trinajstić information content (AvgIpc) is 3.10. The molecule has 28 heavy (non-hydrogen) atoms. The Morgan fingerprint density at radius 3 is 2.71 bits per heavy atom. The maximum atomic E-state index is 6.24. The molecule has 1 aliphatic heterocycles. The number of hydrogen-bond donors (Lipinski definition) is 1. The van der Waals surface area contributed by atoms with Crippen LogP contribution >= 0.6 is 11.3 Å². The number of fused-ring (bicyclic) bond motifs is 1. The van der Waals surface area contributed by atoms with E-state index in [0.717, 1.165) is 61.0 Å². The van der Waals surface area contributed by atoms with Crippen LogP contribution in [0.3, 0.4) is 0 Å². The third-order valence-electron chi connectivity index (χ3n) is 5.79. The van der Waals surface area contributed by atoms with Gasteiger partial charge in [-0.3, -0.25) is 4.98 Å². The molecule has 0 radical (unpaired) electrons. The molecule has 0 bridgehead atoms. The summed E-state index contributed by atoms with van der Waals surface area (Å²) in [5.41, 5.74) is 2.10. The number of nitrogens with zero attached hydrogens (tertiary/aromatic N) is 4. The molecule has 1 aromatic carbocycles. The second kappa shape index (κ2) is 7.64. The predicted molar refractivity (Wildman–Crippen MR) is 112 cm³/mol. The minimum Gasteiger partial charge on any atom is -0.473 e. The van der Waals surface area contributed by atoms with Crippen LogP contribution < -0.4 is 10.1 Å². The summed E-state index contributed by atoms with van der Waals surface area (Å²) in [7, 11) is 2.18. The Kier molecular flexibility index (Phi) is 4.86. The minimum absolute atomic E-state index is 0.202. The maximum Gasteiger partial charge on any atom is 0.236 e. The van der Waals surface area contributed by atoms with Crippen LogP contribution in [0, 0.1) is 0 Å². The quantitative estimate of drug-likeness (QED) is 0.707. The second-order valence-electron chi connectivity index (χ2n) is 7.86. The van der Waals surface area contributed by atoms with E-state index in [1.54, 1.807) is 23.7 Å². The van der Waals surface area contributed by atoms with Crippen molar-refractivity contribution in [1.82, 2.24) is 19.9 Å². The van der Waals surface area contributed by atoms with E-state index in [0.29, 0.717) is 12.0 Å². The first-order valence-corrected chi connectivity index (χ1v) is 10.8. The number of para-hydroxylation sites is 1. The summed E-state index contributed by atoms with van der Waals surface area (Å²) in [6, 6.07) is 8.67. The summed E-state index contributed by atoms with van der Waals surface area (Å²) in [4.78, 5) is 16.2. The molecule has 7 heteroatoms. The normalized spacial score (nSPS) is 23.5. The van der Waals surface area contributed by atoms with Crippen LogP contribution in [0.25, 0.3) is 10.2 Å². The average molecular weight is 396 g/mol. The van der Waals surface area contributed by atoms with Crippen LogP contribution in [-0.2, 0) is 0 Å². The summed E-state index contributed by atoms with van der Waals surface area (Å²) in [5.74, 6) is 1.19. The predicted octanol–water partition coefficient (Wildman–Crippen LogP) is 3.92. The molecular weight excluding hydrogens is 370 g/mol. The number of piperidine rings is 1. The van der Waals surface area contributed by atoms with Gasteiger partial charge >= 0.3 is 0 Å². The first kappa shape index (κ1) is 17.8. The smallest absolute Gasteiger partial charge is 0.236 e. The fourth-order valence-corrected chi connectivity index (χ4v) is 4.98. The van der Waals surface area contributed by atoms with E-state index in [2.05, 4.69) is 50.4 Å². The van der Waals surface area contributed by atoms with Crippen molar-refractivity contribution >= 4 is 26.7 Å². The summed E-state index contributed by atoms with van der Waals surface area (Å²) in [6.07, 6.45) is 7.92. The van der Waals surface area contributed by atoms with Gasteiger partial charge in [0.05, 0.1) is 10.2 Å². The Morgan fingerprint density at radius 1 is 1.11 bits per heavy atom. The molecular formula is C21H25N5OS. The topological polar surface area (TPSA) is 63.2 Å². The van der Waals surface area contributed by atoms with Crippen molar-refractivity contribution in [2.75, 3.05) is 25.5 Å². The SMILES string of the molecule is CN1CCC(c2nccnc2OC2CC(Nc3nc4ccccc4s3)C2)CC1. The van der Waals surface area contributed by atoms with Crippen LogP contribution in [0.15, 0.2) is 36.7 Å². The Labute approximate surface area is 169 Å². The van der Waals surface area contributed by atoms with Gasteiger partial charge in [0, 0.05) is 37.2 Å². The molecule has 3 aromatic rings. The van der Waals surface area contributed by atoms with E-state index in [1.165, 1.54) is 4.70 Å². The van der Waals surface area contributed by atoms with Crippen molar-refractivity contribution in [2.45, 2.75) is 43.7 Å². The van der Waals surface area contributed by atoms with Gasteiger partial charge < -0.3 is 15.0 Å². The number of thiazole rings is 1. The molecule has 146 valence electrons. The van der Waals surface area contributed by atoms with Gasteiger partial charge in [-0.1, -0.05) is 23.5 Å². The molecule has 0 atom stereocenters. The lowest BCUT2D eigenvalue weighted by atomic mass is 9.89. The third kappa shape index (κ3) is 3.69. The van der Waals surface area contributed by atoms with Crippen molar-refractivity contribution in [2.24, 2.45) is 0 Å². The van der Waals surface area contributed by atoms with E-state index >= 15 is 0 Å². The summed E-state index contributed by atoms with van der Waals surface area (Å²) in [6.45, 7) is 2.22. The number of anilines is 1. The van der Waals surface area contributed by atoms with E-state index < -0.39 is 0 Å². The van der Waals surface area contributed by atoms with Crippen LogP contribution in [0.2, 0.25) is 0 Å². The third-order valence-corrected chi connectivity index (χ3v) is 6.76. The highest BCUT2D eigenvalue weighted by molar-refractivity contribution is 7.22. The zero-order chi connectivity index (χ0) is 18.9. The molecule has 6 nitrogen and oxygen atoms in total. The second-order valence-corrected chi connectivity index (χ2v) is 8.89. The maximum absolute atomic E-state index is 6.24. The summed E-state index contributed by atoms with van der Waals surface area (Å²) >= 11 is 1.71. The highest BCUT2D eigenvalue weighted by Gasteiger charge is 2.33. The van der Waals surface area contributed by atoms with Gasteiger partial charge in [-0.15, -0.1) is 0 Å². The van der Waals surface area contributed by atoms with Crippen molar-refractivity contribution in [3.63, 3.8) is 0 Å². The molecule has 2 aliphatic rings. The monoisotopic (exact) mass is 395 g/mol. The number of nitrogens with one attached hydrogen (secondary N) is 1. The molecule has 0 spiro atoms. The van der Waals surface area contributed by atoms with E-state index in [4.69, 9.17) is 4.74 Å². The van der Waals surface area contributed by atoms with Crippen molar-refractivity contribution in [3.8, 4) is 5.88 Å². The standard InChI is InChI=1S/C21H25N5OS/c1-26-10-6-14(7-11-26)19-20(23-9-8-22-19)27-16-12-15(13-16)24-21-25-17-4-2-3-5-18(17)28-21/h2-5,8-9,14-16H,6-7,10-13H2,1H3,(H,24,25). The van der Waals surface area contributed by atoms with Gasteiger partial charge in [-0.2, -0.15) is 0 Å². The number of rotatable bonds is 5. The molecule has 2 fully saturated rings. The van der Waals surface area contributed by atoms with Crippen molar-refractivity contribution < 1.29 is 4.74 Å². The number of aromatic nitrogens is 3. The van der Waals surface area contributed by atoms with E-state index in [-0.39, 0.29) is 6.10 Å². The molecule has 1 aliphatic carbocycles. The largest absolute Gasteiger partial charge is 0.473 e. The van der Waals surface area contributed by atoms with Gasteiger partial charge in [-0.05, 0) is 45.1 Å². The van der Waals surface area contributed by atoms with Gasteiger partial charge in [0.2, 0.25) is 5.88 Å². The van der Waals surface area contributed by atoms with E-state index in [9.17, 15) is 0 Å². The van der Waals surface area contributed by atoms with Crippen LogP contribution in [0.5, 0.6) is 5.88 Å². The Bertz CT molecular complexity index is 914. The number of benzene rings is 1. The fraction of sp³-hybridized carbons (Fsp3) is 0.476. The first-order valence-electron chi connectivity index (χ1n) is 10.0. The Hall–Kier alpha value is -2.25. The molecule has 3 heterocycles. The molecule has 1 N–H and O–H groups in total. The molecule has 1 saturated carbocycles. The lowest BCUT2D eigenvalue weighted by Crippen LogP contribution is -2.43. The number of likely N-dealkylation sites (tertiary alicyclic amines) is 1. The molecule has 1 saturated heterocycles. The molecule has 2 aromatic heterocycles. The number of ether oxygens (including phenoxy) is 1. The van der Waals surface area contributed by atoms with Gasteiger partial charge in [0.15, 0.2) is 5.13 Å². The van der Waals surface area contributed by atoms with Crippen LogP contribution in [0.1, 0.15) is 37.3 Å². The molecule has 5 rings (SSSR count). The Morgan fingerprint density at radius 2 is 1.89 bits per heavy atom. The fourth-order valence-electron chi connectivity index (χ4n) is 4.04. The van der Waals surface area contributed by atoms with Gasteiger partial charge in [0.25, 0.3) is 0 Å². The highest BCUT2D eigenvalue weighted by atomic mass is 32.1. The zero-order valence-corrected chi connectivity index (χ0v) is 16.9. The summed E-state index contributed by atoms with van der Waals surface area (Å²) < 4.78 is 7.47. The molecule has 0 unspecified atom stereocenters. The van der Waals surface area contributed by atoms with Gasteiger partial charge in [-0.25, -0.2) is 9.97 Å². The van der Waals surface area contributed by atoms with Crippen molar-refractivity contribution in [3.05, 3.63) is 42.4 Å². The lowest BCUT2D eigenvalue weighted by molar-refractivity contribution is 0.0992. The molecule has 0 amide bonds. The first-order chi connectivity index (χ1) is 13.7. The Balaban J connectivity index is 1.18. The summed E-state index contributed by atoms with van der Waals surface area (Å²) in [5, 5.41) is 4.55. The number of hydrogen-bond acceptors (Lipinski definition) is 7. The zero-order valence-electron chi connectivity index (χ0n) is 16.0. The highest BCUT2D eigenvalue weighted by Crippen LogP contribution is 2.35. The van der Waals surface area contributed by atoms with E-state index in [1.807, 2.05) is 6.07 Å². The lowest BCUT2D eigenvalue weighted by Gasteiger charge is -2.36. The van der Waals surface area contributed by atoms with Crippen LogP contribution in [0.4, 0.5) is 5.13 Å². The van der Waals surface area contributed by atoms with Crippen molar-refractivity contribution in [1.29, 1.82) is 0 Å².